The van der Waals surface area contributed by atoms with Gasteiger partial charge >= 0.3 is 0 Å². The van der Waals surface area contributed by atoms with Crippen LogP contribution in [0.4, 0.5) is 0 Å². The number of likely N-dealkylation sites (tertiary alicyclic amines) is 1. The van der Waals surface area contributed by atoms with E-state index in [1.165, 1.54) is 4.90 Å². The van der Waals surface area contributed by atoms with Crippen LogP contribution in [-0.2, 0) is 0 Å². The molecule has 1 atom stereocenters. The summed E-state index contributed by atoms with van der Waals surface area (Å²) in [5, 5.41) is 0. The summed E-state index contributed by atoms with van der Waals surface area (Å²) < 4.78 is 0. The highest BCUT2D eigenvalue weighted by atomic mass is 16.2. The van der Waals surface area contributed by atoms with Gasteiger partial charge < -0.3 is 9.80 Å². The molecule has 0 aromatic carbocycles. The summed E-state index contributed by atoms with van der Waals surface area (Å²) >= 11 is 0. The summed E-state index contributed by atoms with van der Waals surface area (Å²) in [6.07, 6.45) is 7.61. The van der Waals surface area contributed by atoms with E-state index in [0.29, 0.717) is 29.2 Å². The van der Waals surface area contributed by atoms with E-state index in [2.05, 4.69) is 15.0 Å². The van der Waals surface area contributed by atoms with E-state index in [4.69, 9.17) is 0 Å². The number of hydrogen-bond acceptors (Lipinski definition) is 5. The summed E-state index contributed by atoms with van der Waals surface area (Å²) in [5.41, 5.74) is 1.74. The van der Waals surface area contributed by atoms with E-state index in [0.717, 1.165) is 19.3 Å². The van der Waals surface area contributed by atoms with Crippen LogP contribution < -0.4 is 0 Å². The average molecular weight is 353 g/mol. The Bertz CT molecular complexity index is 807. The lowest BCUT2D eigenvalue weighted by molar-refractivity contribution is 0.0598. The summed E-state index contributed by atoms with van der Waals surface area (Å²) in [7, 11) is 3.40. The molecule has 1 aliphatic heterocycles. The fourth-order valence-corrected chi connectivity index (χ4v) is 3.20. The zero-order valence-corrected chi connectivity index (χ0v) is 15.3. The molecule has 3 rings (SSSR count). The number of rotatable bonds is 3. The first-order valence-electron chi connectivity index (χ1n) is 8.75. The molecule has 2 aromatic heterocycles. The Morgan fingerprint density at radius 1 is 1.19 bits per heavy atom. The third-order valence-electron chi connectivity index (χ3n) is 4.62. The van der Waals surface area contributed by atoms with Gasteiger partial charge in [-0.1, -0.05) is 0 Å². The molecule has 7 heteroatoms. The summed E-state index contributed by atoms with van der Waals surface area (Å²) in [4.78, 5) is 41.4. The highest BCUT2D eigenvalue weighted by molar-refractivity contribution is 5.95. The van der Waals surface area contributed by atoms with Crippen LogP contribution in [0.25, 0.3) is 0 Å². The Morgan fingerprint density at radius 2 is 1.92 bits per heavy atom. The molecule has 0 spiro atoms. The lowest BCUT2D eigenvalue weighted by atomic mass is 10.00. The largest absolute Gasteiger partial charge is 0.345 e. The summed E-state index contributed by atoms with van der Waals surface area (Å²) in [6.45, 7) is 2.48. The predicted octanol–water partition coefficient (Wildman–Crippen LogP) is 2.25. The number of aryl methyl sites for hydroxylation is 1. The van der Waals surface area contributed by atoms with Crippen LogP contribution in [0, 0.1) is 6.92 Å². The first-order chi connectivity index (χ1) is 12.5. The number of carbonyl (C=O) groups excluding carboxylic acids is 2. The molecule has 136 valence electrons. The van der Waals surface area contributed by atoms with Gasteiger partial charge in [-0.3, -0.25) is 14.6 Å². The normalized spacial score (nSPS) is 17.0. The molecule has 1 unspecified atom stereocenters. The van der Waals surface area contributed by atoms with Crippen molar-refractivity contribution in [2.75, 3.05) is 20.6 Å². The lowest BCUT2D eigenvalue weighted by Gasteiger charge is -2.35. The van der Waals surface area contributed by atoms with Crippen molar-refractivity contribution >= 4 is 11.8 Å². The first-order valence-corrected chi connectivity index (χ1v) is 8.75. The standard InChI is InChI=1S/C19H23N5O2/c1-13-15(19(26)23(2)3)12-21-17(22-13)16-6-4-5-11-24(16)18(25)14-7-9-20-10-8-14/h7-10,12,16H,4-6,11H2,1-3H3. The maximum atomic E-state index is 12.9. The minimum atomic E-state index is -0.174. The van der Waals surface area contributed by atoms with Gasteiger partial charge in [-0.15, -0.1) is 0 Å². The smallest absolute Gasteiger partial charge is 0.256 e. The van der Waals surface area contributed by atoms with E-state index in [1.54, 1.807) is 51.7 Å². The third-order valence-corrected chi connectivity index (χ3v) is 4.62. The van der Waals surface area contributed by atoms with Crippen molar-refractivity contribution in [3.05, 3.63) is 53.4 Å². The van der Waals surface area contributed by atoms with Crippen LogP contribution in [-0.4, -0.2) is 57.2 Å². The number of hydrogen-bond donors (Lipinski definition) is 0. The van der Waals surface area contributed by atoms with E-state index in [9.17, 15) is 9.59 Å². The molecule has 0 radical (unpaired) electrons. The quantitative estimate of drug-likeness (QED) is 0.845. The van der Waals surface area contributed by atoms with Crippen LogP contribution in [0.1, 0.15) is 57.5 Å². The van der Waals surface area contributed by atoms with E-state index >= 15 is 0 Å². The summed E-state index contributed by atoms with van der Waals surface area (Å²) in [5.74, 6) is 0.439. The Balaban J connectivity index is 1.89. The second kappa shape index (κ2) is 7.59. The van der Waals surface area contributed by atoms with Gasteiger partial charge in [-0.05, 0) is 38.3 Å². The van der Waals surface area contributed by atoms with E-state index < -0.39 is 0 Å². The van der Waals surface area contributed by atoms with Gasteiger partial charge in [0, 0.05) is 44.8 Å². The minimum Gasteiger partial charge on any atom is -0.345 e. The first kappa shape index (κ1) is 18.0. The van der Waals surface area contributed by atoms with Crippen LogP contribution >= 0.6 is 0 Å². The number of amides is 2. The molecule has 1 fully saturated rings. The highest BCUT2D eigenvalue weighted by Crippen LogP contribution is 2.30. The van der Waals surface area contributed by atoms with Gasteiger partial charge in [0.05, 0.1) is 17.3 Å². The molecule has 0 N–H and O–H groups in total. The van der Waals surface area contributed by atoms with Crippen molar-refractivity contribution in [2.24, 2.45) is 0 Å². The second-order valence-corrected chi connectivity index (χ2v) is 6.67. The molecule has 1 saturated heterocycles. The molecule has 0 saturated carbocycles. The van der Waals surface area contributed by atoms with Crippen molar-refractivity contribution in [1.82, 2.24) is 24.8 Å². The maximum Gasteiger partial charge on any atom is 0.256 e. The molecule has 26 heavy (non-hydrogen) atoms. The topological polar surface area (TPSA) is 79.3 Å². The third kappa shape index (κ3) is 3.56. The molecule has 3 heterocycles. The van der Waals surface area contributed by atoms with Crippen LogP contribution in [0.15, 0.2) is 30.7 Å². The minimum absolute atomic E-state index is 0.0354. The maximum absolute atomic E-state index is 12.9. The molecule has 2 aromatic rings. The predicted molar refractivity (Wildman–Crippen MR) is 96.7 cm³/mol. The van der Waals surface area contributed by atoms with E-state index in [1.807, 2.05) is 4.90 Å². The van der Waals surface area contributed by atoms with Crippen LogP contribution in [0.2, 0.25) is 0 Å². The molecule has 7 nitrogen and oxygen atoms in total. The van der Waals surface area contributed by atoms with E-state index in [-0.39, 0.29) is 17.9 Å². The van der Waals surface area contributed by atoms with Crippen molar-refractivity contribution < 1.29 is 9.59 Å². The molecule has 0 bridgehead atoms. The van der Waals surface area contributed by atoms with Gasteiger partial charge in [0.2, 0.25) is 0 Å². The Morgan fingerprint density at radius 3 is 2.58 bits per heavy atom. The number of nitrogens with zero attached hydrogens (tertiary/aromatic N) is 5. The molecule has 2 amide bonds. The fraction of sp³-hybridized carbons (Fsp3) is 0.421. The van der Waals surface area contributed by atoms with Gasteiger partial charge in [0.25, 0.3) is 11.8 Å². The highest BCUT2D eigenvalue weighted by Gasteiger charge is 2.31. The Hall–Kier alpha value is -2.83. The molecule has 0 aliphatic carbocycles. The average Bonchev–Trinajstić information content (AvgIpc) is 2.67. The Labute approximate surface area is 153 Å². The summed E-state index contributed by atoms with van der Waals surface area (Å²) in [6, 6.07) is 3.27. The number of piperidine rings is 1. The number of aromatic nitrogens is 3. The van der Waals surface area contributed by atoms with Crippen molar-refractivity contribution in [2.45, 2.75) is 32.2 Å². The van der Waals surface area contributed by atoms with Gasteiger partial charge in [0.1, 0.15) is 0 Å². The van der Waals surface area contributed by atoms with Crippen molar-refractivity contribution in [3.8, 4) is 0 Å². The van der Waals surface area contributed by atoms with Crippen LogP contribution in [0.3, 0.4) is 0 Å². The number of pyridine rings is 1. The van der Waals surface area contributed by atoms with Gasteiger partial charge in [-0.2, -0.15) is 0 Å². The van der Waals surface area contributed by atoms with Crippen molar-refractivity contribution in [1.29, 1.82) is 0 Å². The molecular formula is C19H23N5O2. The Kier molecular flexibility index (Phi) is 5.25. The SMILES string of the molecule is Cc1nc(C2CCCCN2C(=O)c2ccncc2)ncc1C(=O)N(C)C. The molecular weight excluding hydrogens is 330 g/mol. The second-order valence-electron chi connectivity index (χ2n) is 6.67. The van der Waals surface area contributed by atoms with Gasteiger partial charge in [0.15, 0.2) is 5.82 Å². The van der Waals surface area contributed by atoms with Crippen molar-refractivity contribution in [3.63, 3.8) is 0 Å². The fourth-order valence-electron chi connectivity index (χ4n) is 3.20. The zero-order chi connectivity index (χ0) is 18.7. The van der Waals surface area contributed by atoms with Gasteiger partial charge in [-0.25, -0.2) is 9.97 Å². The monoisotopic (exact) mass is 353 g/mol. The van der Waals surface area contributed by atoms with Crippen LogP contribution in [0.5, 0.6) is 0 Å². The number of carbonyl (C=O) groups is 2. The molecule has 1 aliphatic rings. The zero-order valence-electron chi connectivity index (χ0n) is 15.3. The lowest BCUT2D eigenvalue weighted by Crippen LogP contribution is -2.39.